The number of rotatable bonds is 6. The third-order valence-corrected chi connectivity index (χ3v) is 5.82. The number of urea groups is 1. The van der Waals surface area contributed by atoms with Crippen LogP contribution in [-0.4, -0.2) is 31.1 Å². The molecule has 5 aromatic rings. The Bertz CT molecular complexity index is 1550. The van der Waals surface area contributed by atoms with Gasteiger partial charge in [-0.05, 0) is 53.9 Å². The molecular weight excluding hydrogens is 454 g/mol. The lowest BCUT2D eigenvalue weighted by Crippen LogP contribution is -2.28. The van der Waals surface area contributed by atoms with Crippen LogP contribution in [0.15, 0.2) is 85.5 Å². The van der Waals surface area contributed by atoms with Crippen LogP contribution >= 0.6 is 0 Å². The molecule has 0 unspecified atom stereocenters. The molecule has 0 aliphatic carbocycles. The molecule has 0 spiro atoms. The van der Waals surface area contributed by atoms with Crippen LogP contribution < -0.4 is 16.0 Å². The highest BCUT2D eigenvalue weighted by Gasteiger charge is 2.15. The fourth-order valence-corrected chi connectivity index (χ4v) is 3.88. The molecule has 0 aliphatic rings. The first-order valence-corrected chi connectivity index (χ1v) is 11.4. The van der Waals surface area contributed by atoms with Crippen molar-refractivity contribution in [3.05, 3.63) is 102 Å². The van der Waals surface area contributed by atoms with E-state index >= 15 is 0 Å². The third kappa shape index (κ3) is 4.95. The molecule has 3 N–H and O–H groups in total. The third-order valence-electron chi connectivity index (χ3n) is 5.82. The van der Waals surface area contributed by atoms with E-state index in [0.717, 1.165) is 22.3 Å². The number of aromatic nitrogens is 4. The van der Waals surface area contributed by atoms with Crippen molar-refractivity contribution in [2.75, 3.05) is 10.6 Å². The highest BCUT2D eigenvalue weighted by Crippen LogP contribution is 2.22. The first kappa shape index (κ1) is 22.9. The second kappa shape index (κ2) is 9.75. The number of hydrogen-bond donors (Lipinski definition) is 3. The molecule has 2 aromatic carbocycles. The average molecular weight is 480 g/mol. The Labute approximate surface area is 207 Å². The highest BCUT2D eigenvalue weighted by molar-refractivity contribution is 6.04. The summed E-state index contributed by atoms with van der Waals surface area (Å²) < 4.78 is 3.50. The predicted molar refractivity (Wildman–Crippen MR) is 139 cm³/mol. The van der Waals surface area contributed by atoms with Gasteiger partial charge in [-0.3, -0.25) is 13.9 Å². The van der Waals surface area contributed by atoms with Crippen molar-refractivity contribution in [2.45, 2.75) is 13.5 Å². The number of nitrogens with zero attached hydrogens (tertiary/aromatic N) is 4. The van der Waals surface area contributed by atoms with Crippen molar-refractivity contribution in [3.8, 4) is 11.1 Å². The number of carbonyl (C=O) groups is 2. The fourth-order valence-electron chi connectivity index (χ4n) is 3.88. The van der Waals surface area contributed by atoms with E-state index < -0.39 is 0 Å². The SMILES string of the molecule is Cc1ccc(CNC(=O)Nc2ccccc2)cc1NC(=O)c1cnc2cc(-c3cnn(C)c3)ccn12. The standard InChI is InChI=1S/C27H25N7O2/c1-18-8-9-19(14-29-27(36)31-22-6-4-3-5-7-22)12-23(18)32-26(35)24-16-28-25-13-20(10-11-34(24)25)21-15-30-33(2)17-21/h3-13,15-17H,14H2,1-2H3,(H,32,35)(H2,29,31,36). The van der Waals surface area contributed by atoms with E-state index in [2.05, 4.69) is 26.0 Å². The van der Waals surface area contributed by atoms with Gasteiger partial charge in [0.25, 0.3) is 5.91 Å². The Balaban J connectivity index is 1.27. The number of fused-ring (bicyclic) bond motifs is 1. The molecule has 0 saturated heterocycles. The molecule has 3 amide bonds. The second-order valence-corrected chi connectivity index (χ2v) is 8.47. The van der Waals surface area contributed by atoms with Crippen molar-refractivity contribution in [3.63, 3.8) is 0 Å². The maximum Gasteiger partial charge on any atom is 0.319 e. The molecule has 9 heteroatoms. The lowest BCUT2D eigenvalue weighted by Gasteiger charge is -2.12. The predicted octanol–water partition coefficient (Wildman–Crippen LogP) is 4.62. The summed E-state index contributed by atoms with van der Waals surface area (Å²) >= 11 is 0. The van der Waals surface area contributed by atoms with E-state index in [4.69, 9.17) is 0 Å². The Morgan fingerprint density at radius 3 is 2.56 bits per heavy atom. The second-order valence-electron chi connectivity index (χ2n) is 8.47. The van der Waals surface area contributed by atoms with E-state index in [1.165, 1.54) is 0 Å². The molecule has 0 fully saturated rings. The molecule has 3 heterocycles. The van der Waals surface area contributed by atoms with Crippen LogP contribution in [-0.2, 0) is 13.6 Å². The van der Waals surface area contributed by atoms with Gasteiger partial charge in [0.05, 0.1) is 12.4 Å². The number of para-hydroxylation sites is 1. The van der Waals surface area contributed by atoms with Crippen LogP contribution in [0.25, 0.3) is 16.8 Å². The summed E-state index contributed by atoms with van der Waals surface area (Å²) in [5.74, 6) is -0.272. The zero-order valence-corrected chi connectivity index (χ0v) is 19.9. The number of anilines is 2. The van der Waals surface area contributed by atoms with Crippen molar-refractivity contribution >= 4 is 29.0 Å². The maximum absolute atomic E-state index is 13.1. The lowest BCUT2D eigenvalue weighted by atomic mass is 10.1. The van der Waals surface area contributed by atoms with Gasteiger partial charge >= 0.3 is 6.03 Å². The number of pyridine rings is 1. The summed E-state index contributed by atoms with van der Waals surface area (Å²) in [7, 11) is 1.87. The van der Waals surface area contributed by atoms with Gasteiger partial charge < -0.3 is 16.0 Å². The van der Waals surface area contributed by atoms with Crippen molar-refractivity contribution < 1.29 is 9.59 Å². The van der Waals surface area contributed by atoms with Crippen LogP contribution in [0.1, 0.15) is 21.6 Å². The van der Waals surface area contributed by atoms with Gasteiger partial charge in [-0.1, -0.05) is 30.3 Å². The molecular formula is C27H25N7O2. The van der Waals surface area contributed by atoms with E-state index in [-0.39, 0.29) is 11.9 Å². The largest absolute Gasteiger partial charge is 0.334 e. The molecule has 0 radical (unpaired) electrons. The molecule has 5 rings (SSSR count). The number of benzene rings is 2. The fraction of sp³-hybridized carbons (Fsp3) is 0.111. The zero-order valence-electron chi connectivity index (χ0n) is 19.9. The Morgan fingerprint density at radius 1 is 0.944 bits per heavy atom. The molecule has 9 nitrogen and oxygen atoms in total. The summed E-state index contributed by atoms with van der Waals surface area (Å²) in [6, 6.07) is 18.5. The molecule has 0 atom stereocenters. The summed E-state index contributed by atoms with van der Waals surface area (Å²) in [6.45, 7) is 2.23. The number of nitrogens with one attached hydrogen (secondary N) is 3. The van der Waals surface area contributed by atoms with Crippen molar-refractivity contribution in [1.82, 2.24) is 24.5 Å². The van der Waals surface area contributed by atoms with E-state index in [9.17, 15) is 9.59 Å². The van der Waals surface area contributed by atoms with Crippen molar-refractivity contribution in [2.24, 2.45) is 7.05 Å². The Hall–Kier alpha value is -4.92. The quantitative estimate of drug-likeness (QED) is 0.331. The summed E-state index contributed by atoms with van der Waals surface area (Å²) in [4.78, 5) is 29.7. The molecule has 3 aromatic heterocycles. The monoisotopic (exact) mass is 479 g/mol. The minimum Gasteiger partial charge on any atom is -0.334 e. The number of aryl methyl sites for hydroxylation is 2. The minimum absolute atomic E-state index is 0.272. The maximum atomic E-state index is 13.1. The number of carbonyl (C=O) groups excluding carboxylic acids is 2. The number of hydrogen-bond acceptors (Lipinski definition) is 4. The summed E-state index contributed by atoms with van der Waals surface area (Å²) in [5, 5.41) is 12.8. The molecule has 0 aliphatic heterocycles. The highest BCUT2D eigenvalue weighted by atomic mass is 16.2. The van der Waals surface area contributed by atoms with E-state index in [1.54, 1.807) is 21.5 Å². The summed E-state index contributed by atoms with van der Waals surface area (Å²) in [6.07, 6.45) is 7.11. The molecule has 0 bridgehead atoms. The van der Waals surface area contributed by atoms with E-state index in [1.807, 2.05) is 87.0 Å². The normalized spacial score (nSPS) is 10.8. The molecule has 36 heavy (non-hydrogen) atoms. The van der Waals surface area contributed by atoms with Crippen LogP contribution in [0.5, 0.6) is 0 Å². The first-order valence-electron chi connectivity index (χ1n) is 11.4. The smallest absolute Gasteiger partial charge is 0.319 e. The van der Waals surface area contributed by atoms with Gasteiger partial charge in [0, 0.05) is 42.9 Å². The van der Waals surface area contributed by atoms with Crippen LogP contribution in [0.3, 0.4) is 0 Å². The van der Waals surface area contributed by atoms with E-state index in [0.29, 0.717) is 29.3 Å². The lowest BCUT2D eigenvalue weighted by molar-refractivity contribution is 0.102. The first-order chi connectivity index (χ1) is 17.5. The van der Waals surface area contributed by atoms with Gasteiger partial charge in [0.2, 0.25) is 0 Å². The summed E-state index contributed by atoms with van der Waals surface area (Å²) in [5.41, 5.74) is 6.20. The molecule has 180 valence electrons. The molecule has 0 saturated carbocycles. The Kier molecular flexibility index (Phi) is 6.19. The zero-order chi connectivity index (χ0) is 25.1. The van der Waals surface area contributed by atoms with Gasteiger partial charge in [-0.2, -0.15) is 5.10 Å². The topological polar surface area (TPSA) is 105 Å². The van der Waals surface area contributed by atoms with Gasteiger partial charge in [-0.25, -0.2) is 9.78 Å². The van der Waals surface area contributed by atoms with Crippen molar-refractivity contribution in [1.29, 1.82) is 0 Å². The van der Waals surface area contributed by atoms with Gasteiger partial charge in [0.15, 0.2) is 0 Å². The minimum atomic E-state index is -0.302. The van der Waals surface area contributed by atoms with Gasteiger partial charge in [0.1, 0.15) is 11.3 Å². The number of amides is 3. The van der Waals surface area contributed by atoms with Gasteiger partial charge in [-0.15, -0.1) is 0 Å². The van der Waals surface area contributed by atoms with Crippen LogP contribution in [0.2, 0.25) is 0 Å². The van der Waals surface area contributed by atoms with Crippen LogP contribution in [0.4, 0.5) is 16.2 Å². The average Bonchev–Trinajstić information content (AvgIpc) is 3.51. The Morgan fingerprint density at radius 2 is 1.78 bits per heavy atom. The number of imidazole rings is 1. The van der Waals surface area contributed by atoms with Crippen LogP contribution in [0, 0.1) is 6.92 Å².